The largest absolute Gasteiger partial charge is 0.480 e. The van der Waals surface area contributed by atoms with E-state index in [-0.39, 0.29) is 5.91 Å². The second kappa shape index (κ2) is 5.18. The monoisotopic (exact) mass is 245 g/mol. The first-order valence-corrected chi connectivity index (χ1v) is 6.32. The maximum absolute atomic E-state index is 11.6. The van der Waals surface area contributed by atoms with Gasteiger partial charge >= 0.3 is 5.97 Å². The summed E-state index contributed by atoms with van der Waals surface area (Å²) >= 11 is 2.78. The summed E-state index contributed by atoms with van der Waals surface area (Å²) in [6.45, 7) is 1.44. The van der Waals surface area contributed by atoms with Crippen LogP contribution in [0.25, 0.3) is 0 Å². The quantitative estimate of drug-likeness (QED) is 0.792. The molecule has 1 rings (SSSR count). The lowest BCUT2D eigenvalue weighted by Crippen LogP contribution is -2.38. The number of rotatable bonds is 4. The molecule has 0 unspecified atom stereocenters. The van der Waals surface area contributed by atoms with E-state index in [0.29, 0.717) is 4.88 Å². The molecule has 1 atom stereocenters. The maximum atomic E-state index is 11.6. The second-order valence-electron chi connectivity index (χ2n) is 2.85. The van der Waals surface area contributed by atoms with Gasteiger partial charge in [-0.1, -0.05) is 0 Å². The van der Waals surface area contributed by atoms with E-state index in [4.69, 9.17) is 5.11 Å². The molecule has 1 heterocycles. The van der Waals surface area contributed by atoms with Gasteiger partial charge in [-0.3, -0.25) is 9.59 Å². The molecule has 0 bridgehead atoms. The number of hydrogen-bond acceptors (Lipinski definition) is 4. The molecule has 0 aliphatic heterocycles. The minimum Gasteiger partial charge on any atom is -0.480 e. The van der Waals surface area contributed by atoms with Crippen LogP contribution in [0.3, 0.4) is 0 Å². The highest BCUT2D eigenvalue weighted by Gasteiger charge is 2.18. The van der Waals surface area contributed by atoms with Crippen LogP contribution in [0.1, 0.15) is 16.6 Å². The van der Waals surface area contributed by atoms with Crippen molar-refractivity contribution in [1.82, 2.24) is 5.32 Å². The standard InChI is InChI=1S/C9H11NO3S2/c1-5(9(12)13)10-8(11)7-6(14-2)3-4-15-7/h3-5H,1-2H3,(H,10,11)(H,12,13)/t5-/m1/s1. The zero-order chi connectivity index (χ0) is 11.4. The van der Waals surface area contributed by atoms with Gasteiger partial charge in [0.15, 0.2) is 0 Å². The Morgan fingerprint density at radius 1 is 1.60 bits per heavy atom. The SMILES string of the molecule is CSc1ccsc1C(=O)N[C@H](C)C(=O)O. The Kier molecular flexibility index (Phi) is 4.16. The molecule has 1 aromatic heterocycles. The highest BCUT2D eigenvalue weighted by Crippen LogP contribution is 2.25. The van der Waals surface area contributed by atoms with E-state index < -0.39 is 12.0 Å². The smallest absolute Gasteiger partial charge is 0.325 e. The molecule has 4 nitrogen and oxygen atoms in total. The molecule has 0 aliphatic rings. The van der Waals surface area contributed by atoms with Gasteiger partial charge in [-0.15, -0.1) is 23.1 Å². The molecule has 0 spiro atoms. The van der Waals surface area contributed by atoms with Crippen LogP contribution >= 0.6 is 23.1 Å². The summed E-state index contributed by atoms with van der Waals surface area (Å²) in [5.41, 5.74) is 0. The van der Waals surface area contributed by atoms with Gasteiger partial charge in [0.05, 0.1) is 0 Å². The van der Waals surface area contributed by atoms with Gasteiger partial charge in [-0.25, -0.2) is 0 Å². The lowest BCUT2D eigenvalue weighted by atomic mass is 10.3. The number of carbonyl (C=O) groups excluding carboxylic acids is 1. The Balaban J connectivity index is 2.73. The van der Waals surface area contributed by atoms with Crippen LogP contribution in [0.4, 0.5) is 0 Å². The van der Waals surface area contributed by atoms with E-state index in [1.807, 2.05) is 17.7 Å². The van der Waals surface area contributed by atoms with Crippen LogP contribution in [-0.2, 0) is 4.79 Å². The Bertz CT molecular complexity index is 375. The molecule has 1 aromatic rings. The van der Waals surface area contributed by atoms with E-state index in [2.05, 4.69) is 5.32 Å². The molecule has 0 radical (unpaired) electrons. The third-order valence-corrected chi connectivity index (χ3v) is 3.60. The van der Waals surface area contributed by atoms with Crippen LogP contribution in [0.15, 0.2) is 16.3 Å². The molecule has 0 saturated carbocycles. The molecule has 6 heteroatoms. The van der Waals surface area contributed by atoms with Crippen molar-refractivity contribution in [1.29, 1.82) is 0 Å². The fraction of sp³-hybridized carbons (Fsp3) is 0.333. The average molecular weight is 245 g/mol. The van der Waals surface area contributed by atoms with Crippen molar-refractivity contribution in [3.05, 3.63) is 16.3 Å². The molecule has 0 fully saturated rings. The maximum Gasteiger partial charge on any atom is 0.325 e. The minimum atomic E-state index is -1.04. The summed E-state index contributed by atoms with van der Waals surface area (Å²) < 4.78 is 0. The van der Waals surface area contributed by atoms with Crippen molar-refractivity contribution in [2.75, 3.05) is 6.26 Å². The highest BCUT2D eigenvalue weighted by atomic mass is 32.2. The van der Waals surface area contributed by atoms with Gasteiger partial charge in [0.1, 0.15) is 10.9 Å². The first-order valence-electron chi connectivity index (χ1n) is 4.21. The number of thiophene rings is 1. The average Bonchev–Trinajstić information content (AvgIpc) is 2.64. The van der Waals surface area contributed by atoms with Crippen molar-refractivity contribution in [2.45, 2.75) is 17.9 Å². The zero-order valence-corrected chi connectivity index (χ0v) is 9.95. The summed E-state index contributed by atoms with van der Waals surface area (Å²) in [6, 6.07) is 0.977. The van der Waals surface area contributed by atoms with Crippen LogP contribution in [0.5, 0.6) is 0 Å². The number of carbonyl (C=O) groups is 2. The number of amides is 1. The van der Waals surface area contributed by atoms with Crippen molar-refractivity contribution < 1.29 is 14.7 Å². The van der Waals surface area contributed by atoms with Gasteiger partial charge < -0.3 is 10.4 Å². The normalized spacial score (nSPS) is 12.1. The fourth-order valence-corrected chi connectivity index (χ4v) is 2.60. The topological polar surface area (TPSA) is 66.4 Å². The van der Waals surface area contributed by atoms with Gasteiger partial charge in [-0.2, -0.15) is 0 Å². The lowest BCUT2D eigenvalue weighted by Gasteiger charge is -2.08. The van der Waals surface area contributed by atoms with Gasteiger partial charge in [-0.05, 0) is 24.6 Å². The summed E-state index contributed by atoms with van der Waals surface area (Å²) in [5, 5.41) is 12.9. The van der Waals surface area contributed by atoms with Crippen molar-refractivity contribution in [3.8, 4) is 0 Å². The number of carboxylic acid groups (broad SMARTS) is 1. The zero-order valence-electron chi connectivity index (χ0n) is 8.31. The third kappa shape index (κ3) is 2.97. The highest BCUT2D eigenvalue weighted by molar-refractivity contribution is 7.98. The number of thioether (sulfide) groups is 1. The first kappa shape index (κ1) is 12.1. The Hall–Kier alpha value is -1.01. The number of carboxylic acids is 1. The van der Waals surface area contributed by atoms with E-state index in [0.717, 1.165) is 4.90 Å². The summed E-state index contributed by atoms with van der Waals surface area (Å²) in [6.07, 6.45) is 1.87. The van der Waals surface area contributed by atoms with Crippen LogP contribution in [0.2, 0.25) is 0 Å². The molecule has 15 heavy (non-hydrogen) atoms. The molecule has 1 amide bonds. The van der Waals surface area contributed by atoms with Gasteiger partial charge in [0.2, 0.25) is 0 Å². The Labute approximate surface area is 95.7 Å². The predicted octanol–water partition coefficient (Wildman–Crippen LogP) is 1.67. The molecular formula is C9H11NO3S2. The van der Waals surface area contributed by atoms with Gasteiger partial charge in [0.25, 0.3) is 5.91 Å². The van der Waals surface area contributed by atoms with Crippen molar-refractivity contribution >= 4 is 35.0 Å². The molecule has 2 N–H and O–H groups in total. The summed E-state index contributed by atoms with van der Waals surface area (Å²) in [5.74, 6) is -1.37. The predicted molar refractivity (Wildman–Crippen MR) is 60.7 cm³/mol. The number of hydrogen-bond donors (Lipinski definition) is 2. The van der Waals surface area contributed by atoms with E-state index in [1.54, 1.807) is 0 Å². The van der Waals surface area contributed by atoms with E-state index in [1.165, 1.54) is 30.0 Å². The summed E-state index contributed by atoms with van der Waals surface area (Å²) in [7, 11) is 0. The molecule has 82 valence electrons. The Morgan fingerprint density at radius 2 is 2.27 bits per heavy atom. The van der Waals surface area contributed by atoms with E-state index in [9.17, 15) is 9.59 Å². The van der Waals surface area contributed by atoms with Crippen molar-refractivity contribution in [3.63, 3.8) is 0 Å². The number of nitrogens with one attached hydrogen (secondary N) is 1. The summed E-state index contributed by atoms with van der Waals surface area (Å²) in [4.78, 5) is 23.6. The molecule has 0 saturated heterocycles. The van der Waals surface area contributed by atoms with Crippen LogP contribution < -0.4 is 5.32 Å². The van der Waals surface area contributed by atoms with Crippen molar-refractivity contribution in [2.24, 2.45) is 0 Å². The molecular weight excluding hydrogens is 234 g/mol. The minimum absolute atomic E-state index is 0.329. The Morgan fingerprint density at radius 3 is 2.80 bits per heavy atom. The van der Waals surface area contributed by atoms with Crippen LogP contribution in [0, 0.1) is 0 Å². The van der Waals surface area contributed by atoms with Gasteiger partial charge in [0, 0.05) is 4.90 Å². The van der Waals surface area contributed by atoms with Crippen LogP contribution in [-0.4, -0.2) is 29.3 Å². The first-order chi connectivity index (χ1) is 7.06. The number of aliphatic carboxylic acids is 1. The molecule has 0 aromatic carbocycles. The third-order valence-electron chi connectivity index (χ3n) is 1.77. The fourth-order valence-electron chi connectivity index (χ4n) is 0.948. The molecule has 0 aliphatic carbocycles. The van der Waals surface area contributed by atoms with E-state index >= 15 is 0 Å². The second-order valence-corrected chi connectivity index (χ2v) is 4.62. The lowest BCUT2D eigenvalue weighted by molar-refractivity contribution is -0.138.